The van der Waals surface area contributed by atoms with E-state index < -0.39 is 6.36 Å². The number of carbonyl (C=O) groups is 1. The second-order valence-electron chi connectivity index (χ2n) is 5.80. The van der Waals surface area contributed by atoms with E-state index in [-0.39, 0.29) is 17.6 Å². The van der Waals surface area contributed by atoms with Crippen molar-refractivity contribution in [3.8, 4) is 5.75 Å². The molecular weight excluding hydrogens is 321 g/mol. The van der Waals surface area contributed by atoms with Gasteiger partial charge in [0.05, 0.1) is 0 Å². The number of nitrogens with one attached hydrogen (secondary N) is 1. The normalized spacial score (nSPS) is 17.7. The van der Waals surface area contributed by atoms with Crippen molar-refractivity contribution in [1.29, 1.82) is 0 Å². The first kappa shape index (κ1) is 16.4. The van der Waals surface area contributed by atoms with Gasteiger partial charge >= 0.3 is 6.36 Å². The summed E-state index contributed by atoms with van der Waals surface area (Å²) in [4.78, 5) is 12.4. The van der Waals surface area contributed by atoms with Crippen molar-refractivity contribution in [3.05, 3.63) is 48.3 Å². The predicted molar refractivity (Wildman–Crippen MR) is 82.6 cm³/mol. The molecule has 1 aliphatic heterocycles. The number of carbonyl (C=O) groups excluding carboxylic acids is 1. The largest absolute Gasteiger partial charge is 0.573 e. The Kier molecular flexibility index (Phi) is 4.51. The average Bonchev–Trinajstić information content (AvgIpc) is 2.84. The molecule has 1 aliphatic rings. The molecule has 24 heavy (non-hydrogen) atoms. The van der Waals surface area contributed by atoms with Crippen LogP contribution in [-0.2, 0) is 17.8 Å². The fourth-order valence-electron chi connectivity index (χ4n) is 2.92. The van der Waals surface area contributed by atoms with Gasteiger partial charge in [0.1, 0.15) is 5.75 Å². The van der Waals surface area contributed by atoms with E-state index in [1.54, 1.807) is 0 Å². The molecular formula is C17H17F3N2O2. The van der Waals surface area contributed by atoms with Crippen LogP contribution in [0.4, 0.5) is 18.9 Å². The van der Waals surface area contributed by atoms with Gasteiger partial charge in [-0.1, -0.05) is 0 Å². The van der Waals surface area contributed by atoms with Gasteiger partial charge in [-0.15, -0.1) is 13.2 Å². The Morgan fingerprint density at radius 3 is 2.67 bits per heavy atom. The second-order valence-corrected chi connectivity index (χ2v) is 5.80. The number of ether oxygens (including phenoxy) is 1. The molecule has 128 valence electrons. The Balaban J connectivity index is 1.62. The van der Waals surface area contributed by atoms with Gasteiger partial charge in [0.2, 0.25) is 5.91 Å². The number of rotatable bonds is 3. The standard InChI is InChI=1S/C17H17F3N2O2/c18-17(19,20)24-15-7-5-13(6-8-15)21-16(23)12-3-1-9-22-10-2-4-14(22)11-12/h2,4-8,10,12H,1,3,9,11H2,(H,21,23). The third-order valence-electron chi connectivity index (χ3n) is 4.06. The van der Waals surface area contributed by atoms with E-state index in [0.717, 1.165) is 25.1 Å². The summed E-state index contributed by atoms with van der Waals surface area (Å²) in [5, 5.41) is 2.77. The molecule has 1 aromatic carbocycles. The lowest BCUT2D eigenvalue weighted by molar-refractivity contribution is -0.274. The van der Waals surface area contributed by atoms with Crippen LogP contribution in [0.2, 0.25) is 0 Å². The number of fused-ring (bicyclic) bond motifs is 1. The Morgan fingerprint density at radius 1 is 1.21 bits per heavy atom. The minimum Gasteiger partial charge on any atom is -0.406 e. The molecule has 2 heterocycles. The van der Waals surface area contributed by atoms with Crippen molar-refractivity contribution in [3.63, 3.8) is 0 Å². The van der Waals surface area contributed by atoms with E-state index >= 15 is 0 Å². The summed E-state index contributed by atoms with van der Waals surface area (Å²) >= 11 is 0. The zero-order chi connectivity index (χ0) is 17.2. The lowest BCUT2D eigenvalue weighted by Gasteiger charge is -2.15. The number of benzene rings is 1. The first-order chi connectivity index (χ1) is 11.4. The zero-order valence-electron chi connectivity index (χ0n) is 12.8. The zero-order valence-corrected chi connectivity index (χ0v) is 12.8. The van der Waals surface area contributed by atoms with Gasteiger partial charge in [-0.25, -0.2) is 0 Å². The Labute approximate surface area is 137 Å². The number of amides is 1. The monoisotopic (exact) mass is 338 g/mol. The number of aromatic nitrogens is 1. The van der Waals surface area contributed by atoms with Gasteiger partial charge in [-0.05, 0) is 55.7 Å². The van der Waals surface area contributed by atoms with E-state index in [1.807, 2.05) is 18.3 Å². The molecule has 0 bridgehead atoms. The van der Waals surface area contributed by atoms with E-state index in [0.29, 0.717) is 12.1 Å². The Morgan fingerprint density at radius 2 is 1.96 bits per heavy atom. The van der Waals surface area contributed by atoms with Crippen LogP contribution in [0.3, 0.4) is 0 Å². The molecule has 2 aromatic rings. The lowest BCUT2D eigenvalue weighted by Crippen LogP contribution is -2.24. The van der Waals surface area contributed by atoms with Gasteiger partial charge in [-0.3, -0.25) is 4.79 Å². The topological polar surface area (TPSA) is 43.3 Å². The van der Waals surface area contributed by atoms with Crippen molar-refractivity contribution in [2.75, 3.05) is 5.32 Å². The van der Waals surface area contributed by atoms with Crippen molar-refractivity contribution >= 4 is 11.6 Å². The number of hydrogen-bond donors (Lipinski definition) is 1. The van der Waals surface area contributed by atoms with Gasteiger partial charge < -0.3 is 14.6 Å². The molecule has 0 saturated carbocycles. The highest BCUT2D eigenvalue weighted by Crippen LogP contribution is 2.25. The summed E-state index contributed by atoms with van der Waals surface area (Å²) in [6, 6.07) is 9.14. The number of aryl methyl sites for hydroxylation is 1. The molecule has 0 saturated heterocycles. The van der Waals surface area contributed by atoms with E-state index in [2.05, 4.69) is 14.6 Å². The maximum atomic E-state index is 12.4. The van der Waals surface area contributed by atoms with Crippen molar-refractivity contribution < 1.29 is 22.7 Å². The fourth-order valence-corrected chi connectivity index (χ4v) is 2.92. The van der Waals surface area contributed by atoms with Crippen LogP contribution in [-0.4, -0.2) is 16.8 Å². The van der Waals surface area contributed by atoms with Crippen molar-refractivity contribution in [2.45, 2.75) is 32.2 Å². The molecule has 7 heteroatoms. The average molecular weight is 338 g/mol. The molecule has 3 rings (SSSR count). The van der Waals surface area contributed by atoms with Crippen LogP contribution in [0.25, 0.3) is 0 Å². The highest BCUT2D eigenvalue weighted by Gasteiger charge is 2.31. The number of nitrogens with zero attached hydrogens (tertiary/aromatic N) is 1. The fraction of sp³-hybridized carbons (Fsp3) is 0.353. The number of hydrogen-bond acceptors (Lipinski definition) is 2. The van der Waals surface area contributed by atoms with E-state index in [1.165, 1.54) is 24.3 Å². The number of anilines is 1. The van der Waals surface area contributed by atoms with Crippen LogP contribution >= 0.6 is 0 Å². The van der Waals surface area contributed by atoms with Crippen molar-refractivity contribution in [2.24, 2.45) is 5.92 Å². The second kappa shape index (κ2) is 6.59. The van der Waals surface area contributed by atoms with Crippen LogP contribution < -0.4 is 10.1 Å². The summed E-state index contributed by atoms with van der Waals surface area (Å²) in [5.41, 5.74) is 1.58. The summed E-state index contributed by atoms with van der Waals surface area (Å²) in [5.74, 6) is -0.575. The molecule has 1 atom stereocenters. The van der Waals surface area contributed by atoms with Crippen LogP contribution in [0.5, 0.6) is 5.75 Å². The lowest BCUT2D eigenvalue weighted by atomic mass is 9.98. The molecule has 1 aromatic heterocycles. The van der Waals surface area contributed by atoms with Crippen LogP contribution in [0.1, 0.15) is 18.5 Å². The minimum absolute atomic E-state index is 0.117. The SMILES string of the molecule is O=C(Nc1ccc(OC(F)(F)F)cc1)C1CCCn2cccc2C1. The van der Waals surface area contributed by atoms with Gasteiger partial charge in [0.15, 0.2) is 0 Å². The highest BCUT2D eigenvalue weighted by atomic mass is 19.4. The minimum atomic E-state index is -4.72. The molecule has 0 aliphatic carbocycles. The third kappa shape index (κ3) is 4.10. The Hall–Kier alpha value is -2.44. The van der Waals surface area contributed by atoms with Gasteiger partial charge in [0.25, 0.3) is 0 Å². The summed E-state index contributed by atoms with van der Waals surface area (Å²) in [6.07, 6.45) is -0.357. The molecule has 0 fully saturated rings. The maximum Gasteiger partial charge on any atom is 0.573 e. The summed E-state index contributed by atoms with van der Waals surface area (Å²) in [6.45, 7) is 0.898. The first-order valence-corrected chi connectivity index (χ1v) is 7.71. The summed E-state index contributed by atoms with van der Waals surface area (Å²) in [7, 11) is 0. The van der Waals surface area contributed by atoms with Crippen molar-refractivity contribution in [1.82, 2.24) is 4.57 Å². The molecule has 4 nitrogen and oxygen atoms in total. The smallest absolute Gasteiger partial charge is 0.406 e. The molecule has 1 N–H and O–H groups in total. The molecule has 1 unspecified atom stereocenters. The van der Waals surface area contributed by atoms with Crippen LogP contribution in [0.15, 0.2) is 42.6 Å². The Bertz CT molecular complexity index is 707. The first-order valence-electron chi connectivity index (χ1n) is 7.71. The quantitative estimate of drug-likeness (QED) is 0.920. The third-order valence-corrected chi connectivity index (χ3v) is 4.06. The molecule has 1 amide bonds. The van der Waals surface area contributed by atoms with E-state index in [9.17, 15) is 18.0 Å². The number of alkyl halides is 3. The predicted octanol–water partition coefficient (Wildman–Crippen LogP) is 3.98. The van der Waals surface area contributed by atoms with Gasteiger partial charge in [-0.2, -0.15) is 0 Å². The van der Waals surface area contributed by atoms with Crippen LogP contribution in [0, 0.1) is 5.92 Å². The van der Waals surface area contributed by atoms with E-state index in [4.69, 9.17) is 0 Å². The highest BCUT2D eigenvalue weighted by molar-refractivity contribution is 5.92. The maximum absolute atomic E-state index is 12.4. The molecule has 0 spiro atoms. The number of halogens is 3. The summed E-state index contributed by atoms with van der Waals surface area (Å²) < 4.78 is 42.4. The van der Waals surface area contributed by atoms with Gasteiger partial charge in [0, 0.05) is 30.0 Å². The molecule has 0 radical (unpaired) electrons.